The van der Waals surface area contributed by atoms with Gasteiger partial charge in [-0.05, 0) is 67.8 Å². The van der Waals surface area contributed by atoms with Gasteiger partial charge in [0, 0.05) is 54.5 Å². The molecule has 1 atom stereocenters. The van der Waals surface area contributed by atoms with Crippen LogP contribution in [0, 0.1) is 5.82 Å². The average molecular weight is 402 g/mol. The quantitative estimate of drug-likeness (QED) is 0.831. The number of rotatable bonds is 4. The maximum atomic E-state index is 13.0. The molecule has 2 aromatic carbocycles. The molecule has 0 bridgehead atoms. The van der Waals surface area contributed by atoms with Crippen LogP contribution >= 0.6 is 11.6 Å². The van der Waals surface area contributed by atoms with E-state index in [0.29, 0.717) is 22.7 Å². The molecule has 2 fully saturated rings. The molecule has 6 heteroatoms. The fourth-order valence-corrected chi connectivity index (χ4v) is 4.32. The van der Waals surface area contributed by atoms with E-state index in [9.17, 15) is 9.18 Å². The Labute approximate surface area is 170 Å². The Morgan fingerprint density at radius 1 is 0.964 bits per heavy atom. The van der Waals surface area contributed by atoms with Gasteiger partial charge in [-0.15, -0.1) is 0 Å². The largest absolute Gasteiger partial charge is 0.382 e. The molecule has 0 spiro atoms. The number of anilines is 1. The summed E-state index contributed by atoms with van der Waals surface area (Å²) in [6.07, 6.45) is 3.13. The van der Waals surface area contributed by atoms with E-state index >= 15 is 0 Å². The molecule has 4 nitrogen and oxygen atoms in total. The summed E-state index contributed by atoms with van der Waals surface area (Å²) in [4.78, 5) is 17.2. The van der Waals surface area contributed by atoms with Crippen molar-refractivity contribution >= 4 is 23.2 Å². The molecule has 0 radical (unpaired) electrons. The van der Waals surface area contributed by atoms with Crippen LogP contribution in [0.5, 0.6) is 0 Å². The third-order valence-electron chi connectivity index (χ3n) is 5.80. The number of halogens is 2. The lowest BCUT2D eigenvalue weighted by Crippen LogP contribution is -2.46. The Kier molecular flexibility index (Phi) is 5.83. The molecule has 2 aliphatic heterocycles. The molecular weight excluding hydrogens is 377 g/mol. The minimum Gasteiger partial charge on any atom is -0.382 e. The molecule has 0 saturated carbocycles. The highest BCUT2D eigenvalue weighted by Crippen LogP contribution is 2.24. The topological polar surface area (TPSA) is 35.6 Å². The van der Waals surface area contributed by atoms with Crippen molar-refractivity contribution in [3.8, 4) is 0 Å². The Morgan fingerprint density at radius 2 is 1.64 bits per heavy atom. The molecule has 2 aromatic rings. The van der Waals surface area contributed by atoms with Gasteiger partial charge in [0.1, 0.15) is 5.82 Å². The Hall–Kier alpha value is -2.11. The predicted octanol–water partition coefficient (Wildman–Crippen LogP) is 4.27. The first-order valence-corrected chi connectivity index (χ1v) is 10.3. The molecule has 2 saturated heterocycles. The zero-order valence-electron chi connectivity index (χ0n) is 15.8. The molecule has 148 valence electrons. The molecule has 1 amide bonds. The summed E-state index contributed by atoms with van der Waals surface area (Å²) in [5.41, 5.74) is 1.67. The number of nitrogens with zero attached hydrogens (tertiary/aromatic N) is 2. The van der Waals surface area contributed by atoms with E-state index in [1.807, 2.05) is 4.90 Å². The number of carbonyl (C=O) groups is 1. The second-order valence-corrected chi connectivity index (χ2v) is 8.10. The number of piperidine rings is 1. The van der Waals surface area contributed by atoms with Crippen LogP contribution < -0.4 is 5.32 Å². The van der Waals surface area contributed by atoms with E-state index in [-0.39, 0.29) is 11.7 Å². The van der Waals surface area contributed by atoms with Gasteiger partial charge in [-0.1, -0.05) is 11.6 Å². The van der Waals surface area contributed by atoms with Gasteiger partial charge in [0.25, 0.3) is 5.91 Å². The molecule has 4 rings (SSSR count). The van der Waals surface area contributed by atoms with Gasteiger partial charge in [-0.3, -0.25) is 9.69 Å². The Balaban J connectivity index is 1.27. The zero-order chi connectivity index (χ0) is 19.5. The normalized spacial score (nSPS) is 21.1. The Morgan fingerprint density at radius 3 is 2.32 bits per heavy atom. The number of benzene rings is 2. The highest BCUT2D eigenvalue weighted by atomic mass is 35.5. The second kappa shape index (κ2) is 8.50. The van der Waals surface area contributed by atoms with E-state index in [1.165, 1.54) is 12.1 Å². The fraction of sp³-hybridized carbons (Fsp3) is 0.409. The third kappa shape index (κ3) is 4.47. The van der Waals surface area contributed by atoms with E-state index < -0.39 is 0 Å². The van der Waals surface area contributed by atoms with Gasteiger partial charge in [0.15, 0.2) is 0 Å². The van der Waals surface area contributed by atoms with Gasteiger partial charge in [-0.25, -0.2) is 4.39 Å². The van der Waals surface area contributed by atoms with Gasteiger partial charge in [0.05, 0.1) is 0 Å². The summed E-state index contributed by atoms with van der Waals surface area (Å²) in [6.45, 7) is 3.64. The monoisotopic (exact) mass is 401 g/mol. The van der Waals surface area contributed by atoms with Gasteiger partial charge in [-0.2, -0.15) is 0 Å². The third-order valence-corrected chi connectivity index (χ3v) is 6.05. The maximum Gasteiger partial charge on any atom is 0.253 e. The molecule has 1 unspecified atom stereocenters. The standard InChI is InChI=1S/C22H25ClFN3O/c23-17-3-1-16(2-4-17)22(28)27-14-11-21(15-27)26-12-9-20(10-13-26)25-19-7-5-18(24)6-8-19/h1-8,20-21,25H,9-15H2. The lowest BCUT2D eigenvalue weighted by Gasteiger charge is -2.36. The molecule has 0 aliphatic carbocycles. The van der Waals surface area contributed by atoms with Gasteiger partial charge >= 0.3 is 0 Å². The highest BCUT2D eigenvalue weighted by molar-refractivity contribution is 6.30. The average Bonchev–Trinajstić information content (AvgIpc) is 3.21. The Bertz CT molecular complexity index is 804. The van der Waals surface area contributed by atoms with Crippen molar-refractivity contribution in [1.29, 1.82) is 0 Å². The van der Waals surface area contributed by atoms with E-state index in [1.54, 1.807) is 36.4 Å². The number of amides is 1. The SMILES string of the molecule is O=C(c1ccc(Cl)cc1)N1CCC(N2CCC(Nc3ccc(F)cc3)CC2)C1. The first-order chi connectivity index (χ1) is 13.6. The minimum absolute atomic E-state index is 0.0898. The molecule has 1 N–H and O–H groups in total. The van der Waals surface area contributed by atoms with E-state index in [4.69, 9.17) is 11.6 Å². The number of hydrogen-bond acceptors (Lipinski definition) is 3. The summed E-state index contributed by atoms with van der Waals surface area (Å²) >= 11 is 5.92. The van der Waals surface area contributed by atoms with E-state index in [2.05, 4.69) is 10.2 Å². The second-order valence-electron chi connectivity index (χ2n) is 7.66. The molecular formula is C22H25ClFN3O. The van der Waals surface area contributed by atoms with Crippen LogP contribution in [0.15, 0.2) is 48.5 Å². The number of hydrogen-bond donors (Lipinski definition) is 1. The van der Waals surface area contributed by atoms with Crippen LogP contribution in [-0.4, -0.2) is 54.0 Å². The minimum atomic E-state index is -0.209. The van der Waals surface area contributed by atoms with Crippen LogP contribution in [0.1, 0.15) is 29.6 Å². The molecule has 0 aromatic heterocycles. The van der Waals surface area contributed by atoms with Crippen LogP contribution in [0.2, 0.25) is 5.02 Å². The van der Waals surface area contributed by atoms with Crippen molar-refractivity contribution in [2.75, 3.05) is 31.5 Å². The summed E-state index contributed by atoms with van der Waals surface area (Å²) in [6, 6.07) is 14.5. The summed E-state index contributed by atoms with van der Waals surface area (Å²) in [7, 11) is 0. The lowest BCUT2D eigenvalue weighted by molar-refractivity contribution is 0.0770. The molecule has 2 heterocycles. The predicted molar refractivity (Wildman–Crippen MR) is 110 cm³/mol. The number of nitrogens with one attached hydrogen (secondary N) is 1. The smallest absolute Gasteiger partial charge is 0.253 e. The van der Waals surface area contributed by atoms with Crippen LogP contribution in [0.25, 0.3) is 0 Å². The van der Waals surface area contributed by atoms with Crippen LogP contribution in [0.3, 0.4) is 0 Å². The van der Waals surface area contributed by atoms with Crippen molar-refractivity contribution in [1.82, 2.24) is 9.80 Å². The van der Waals surface area contributed by atoms with E-state index in [0.717, 1.165) is 51.1 Å². The van der Waals surface area contributed by atoms with Crippen molar-refractivity contribution in [2.24, 2.45) is 0 Å². The van der Waals surface area contributed by atoms with Crippen molar-refractivity contribution in [3.63, 3.8) is 0 Å². The lowest BCUT2D eigenvalue weighted by atomic mass is 10.0. The number of carbonyl (C=O) groups excluding carboxylic acids is 1. The first kappa shape index (κ1) is 19.2. The van der Waals surface area contributed by atoms with Crippen molar-refractivity contribution in [2.45, 2.75) is 31.3 Å². The van der Waals surface area contributed by atoms with Crippen LogP contribution in [-0.2, 0) is 0 Å². The van der Waals surface area contributed by atoms with Gasteiger partial charge < -0.3 is 10.2 Å². The van der Waals surface area contributed by atoms with Crippen molar-refractivity contribution in [3.05, 3.63) is 64.9 Å². The zero-order valence-corrected chi connectivity index (χ0v) is 16.5. The molecule has 2 aliphatic rings. The summed E-state index contributed by atoms with van der Waals surface area (Å²) in [5, 5.41) is 4.15. The van der Waals surface area contributed by atoms with Crippen LogP contribution in [0.4, 0.5) is 10.1 Å². The molecule has 28 heavy (non-hydrogen) atoms. The van der Waals surface area contributed by atoms with Gasteiger partial charge in [0.2, 0.25) is 0 Å². The summed E-state index contributed by atoms with van der Waals surface area (Å²) < 4.78 is 13.0. The summed E-state index contributed by atoms with van der Waals surface area (Å²) in [5.74, 6) is -0.119. The van der Waals surface area contributed by atoms with Crippen molar-refractivity contribution < 1.29 is 9.18 Å². The highest BCUT2D eigenvalue weighted by Gasteiger charge is 2.32. The number of likely N-dealkylation sites (tertiary alicyclic amines) is 2. The first-order valence-electron chi connectivity index (χ1n) is 9.89. The maximum absolute atomic E-state index is 13.0. The fourth-order valence-electron chi connectivity index (χ4n) is 4.19.